The van der Waals surface area contributed by atoms with Crippen LogP contribution in [0.25, 0.3) is 0 Å². The first kappa shape index (κ1) is 18.5. The number of aromatic nitrogens is 2. The zero-order chi connectivity index (χ0) is 17.7. The lowest BCUT2D eigenvalue weighted by Crippen LogP contribution is -2.30. The number of nitrogens with one attached hydrogen (secondary N) is 1. The molecule has 0 spiro atoms. The normalized spacial score (nSPS) is 11.7. The van der Waals surface area contributed by atoms with Gasteiger partial charge in [-0.2, -0.15) is 4.31 Å². The van der Waals surface area contributed by atoms with Gasteiger partial charge in [0.2, 0.25) is 0 Å². The maximum Gasteiger partial charge on any atom is 0.271 e. The van der Waals surface area contributed by atoms with Crippen molar-refractivity contribution in [1.29, 1.82) is 0 Å². The van der Waals surface area contributed by atoms with E-state index in [-0.39, 0.29) is 22.4 Å². The van der Waals surface area contributed by atoms with Gasteiger partial charge in [-0.1, -0.05) is 13.8 Å². The maximum absolute atomic E-state index is 12.4. The van der Waals surface area contributed by atoms with Gasteiger partial charge in [0.05, 0.1) is 18.4 Å². The Labute approximate surface area is 145 Å². The molecule has 0 atom stereocenters. The molecule has 0 saturated carbocycles. The maximum atomic E-state index is 12.4. The average molecular weight is 368 g/mol. The standard InChI is InChI=1S/C15H20N4O3S2/c1-4-19(5-2)24(21,22)14-7-6-12(23-14)9-18-15(20)13-10-16-11(3)8-17-13/h6-8,10H,4-5,9H2,1-3H3,(H,18,20). The number of carbonyl (C=O) groups is 1. The first-order valence-electron chi connectivity index (χ1n) is 7.54. The molecule has 0 bridgehead atoms. The number of nitrogens with zero attached hydrogens (tertiary/aromatic N) is 3. The predicted molar refractivity (Wildman–Crippen MR) is 92.4 cm³/mol. The third-order valence-corrected chi connectivity index (χ3v) is 6.98. The van der Waals surface area contributed by atoms with E-state index in [1.165, 1.54) is 16.7 Å². The first-order valence-corrected chi connectivity index (χ1v) is 9.79. The highest BCUT2D eigenvalue weighted by molar-refractivity contribution is 7.91. The third kappa shape index (κ3) is 4.16. The number of hydrogen-bond acceptors (Lipinski definition) is 6. The second-order valence-electron chi connectivity index (χ2n) is 5.04. The molecule has 2 heterocycles. The van der Waals surface area contributed by atoms with Gasteiger partial charge in [0.25, 0.3) is 15.9 Å². The molecule has 9 heteroatoms. The summed E-state index contributed by atoms with van der Waals surface area (Å²) in [6.45, 7) is 6.49. The van der Waals surface area contributed by atoms with Gasteiger partial charge in [-0.15, -0.1) is 11.3 Å². The molecular weight excluding hydrogens is 348 g/mol. The van der Waals surface area contributed by atoms with Crippen LogP contribution in [0.3, 0.4) is 0 Å². The average Bonchev–Trinajstić information content (AvgIpc) is 3.04. The van der Waals surface area contributed by atoms with Gasteiger partial charge in [0.1, 0.15) is 9.90 Å². The Morgan fingerprint density at radius 3 is 2.50 bits per heavy atom. The summed E-state index contributed by atoms with van der Waals surface area (Å²) in [5, 5.41) is 2.72. The van der Waals surface area contributed by atoms with Crippen molar-refractivity contribution < 1.29 is 13.2 Å². The number of amides is 1. The molecule has 0 fully saturated rings. The molecule has 0 saturated heterocycles. The SMILES string of the molecule is CCN(CC)S(=O)(=O)c1ccc(CNC(=O)c2cnc(C)cn2)s1. The molecule has 0 aliphatic rings. The minimum Gasteiger partial charge on any atom is -0.346 e. The molecule has 0 aromatic carbocycles. The van der Waals surface area contributed by atoms with Crippen molar-refractivity contribution >= 4 is 27.3 Å². The number of carbonyl (C=O) groups excluding carboxylic acids is 1. The van der Waals surface area contributed by atoms with Crippen molar-refractivity contribution in [2.24, 2.45) is 0 Å². The van der Waals surface area contributed by atoms with Crippen LogP contribution in [0.5, 0.6) is 0 Å². The van der Waals surface area contributed by atoms with Crippen LogP contribution in [0.15, 0.2) is 28.7 Å². The van der Waals surface area contributed by atoms with Crippen molar-refractivity contribution in [3.8, 4) is 0 Å². The van der Waals surface area contributed by atoms with Gasteiger partial charge < -0.3 is 5.32 Å². The number of hydrogen-bond donors (Lipinski definition) is 1. The fourth-order valence-corrected chi connectivity index (χ4v) is 4.96. The van der Waals surface area contributed by atoms with Gasteiger partial charge in [0, 0.05) is 24.2 Å². The minimum absolute atomic E-state index is 0.230. The molecular formula is C15H20N4O3S2. The van der Waals surface area contributed by atoms with E-state index in [2.05, 4.69) is 15.3 Å². The molecule has 0 radical (unpaired) electrons. The van der Waals surface area contributed by atoms with Gasteiger partial charge >= 0.3 is 0 Å². The number of aryl methyl sites for hydroxylation is 1. The summed E-state index contributed by atoms with van der Waals surface area (Å²) in [6.07, 6.45) is 2.93. The van der Waals surface area contributed by atoms with E-state index in [1.807, 2.05) is 0 Å². The van der Waals surface area contributed by atoms with Crippen molar-refractivity contribution in [2.45, 2.75) is 31.5 Å². The molecule has 2 aromatic rings. The summed E-state index contributed by atoms with van der Waals surface area (Å²) in [5.74, 6) is -0.343. The van der Waals surface area contributed by atoms with E-state index in [0.29, 0.717) is 13.1 Å². The number of rotatable bonds is 7. The lowest BCUT2D eigenvalue weighted by Gasteiger charge is -2.16. The Morgan fingerprint density at radius 2 is 1.92 bits per heavy atom. The minimum atomic E-state index is -3.46. The molecule has 1 N–H and O–H groups in total. The van der Waals surface area contributed by atoms with Crippen LogP contribution in [0.2, 0.25) is 0 Å². The van der Waals surface area contributed by atoms with Gasteiger partial charge in [-0.3, -0.25) is 9.78 Å². The predicted octanol–water partition coefficient (Wildman–Crippen LogP) is 1.81. The molecule has 1 amide bonds. The number of sulfonamides is 1. The third-order valence-electron chi connectivity index (χ3n) is 3.37. The second kappa shape index (κ2) is 7.82. The van der Waals surface area contributed by atoms with E-state index in [1.54, 1.807) is 32.9 Å². The summed E-state index contributed by atoms with van der Waals surface area (Å²) in [7, 11) is -3.46. The topological polar surface area (TPSA) is 92.3 Å². The summed E-state index contributed by atoms with van der Waals surface area (Å²) in [5.41, 5.74) is 0.962. The lowest BCUT2D eigenvalue weighted by atomic mass is 10.4. The summed E-state index contributed by atoms with van der Waals surface area (Å²) < 4.78 is 26.5. The van der Waals surface area contributed by atoms with Crippen LogP contribution in [0.1, 0.15) is 34.9 Å². The van der Waals surface area contributed by atoms with Crippen LogP contribution < -0.4 is 5.32 Å². The van der Waals surface area contributed by atoms with Crippen molar-refractivity contribution in [1.82, 2.24) is 19.6 Å². The molecule has 0 aliphatic heterocycles. The summed E-state index contributed by atoms with van der Waals surface area (Å²) >= 11 is 1.16. The highest BCUT2D eigenvalue weighted by Gasteiger charge is 2.23. The van der Waals surface area contributed by atoms with Gasteiger partial charge in [-0.25, -0.2) is 13.4 Å². The van der Waals surface area contributed by atoms with Gasteiger partial charge in [0.15, 0.2) is 0 Å². The first-order chi connectivity index (χ1) is 11.4. The Bertz CT molecular complexity index is 796. The smallest absolute Gasteiger partial charge is 0.271 e. The van der Waals surface area contributed by atoms with Crippen LogP contribution in [-0.2, 0) is 16.6 Å². The highest BCUT2D eigenvalue weighted by atomic mass is 32.2. The second-order valence-corrected chi connectivity index (χ2v) is 8.37. The van der Waals surface area contributed by atoms with E-state index in [9.17, 15) is 13.2 Å². The monoisotopic (exact) mass is 368 g/mol. The molecule has 2 aromatic heterocycles. The fraction of sp³-hybridized carbons (Fsp3) is 0.400. The highest BCUT2D eigenvalue weighted by Crippen LogP contribution is 2.24. The van der Waals surface area contributed by atoms with Crippen molar-refractivity contribution in [3.05, 3.63) is 40.8 Å². The molecule has 0 aliphatic carbocycles. The van der Waals surface area contributed by atoms with Crippen molar-refractivity contribution in [3.63, 3.8) is 0 Å². The lowest BCUT2D eigenvalue weighted by molar-refractivity contribution is 0.0946. The molecule has 7 nitrogen and oxygen atoms in total. The Morgan fingerprint density at radius 1 is 1.21 bits per heavy atom. The molecule has 2 rings (SSSR count). The van der Waals surface area contributed by atoms with Crippen LogP contribution >= 0.6 is 11.3 Å². The Kier molecular flexibility index (Phi) is 6.03. The number of thiophene rings is 1. The molecule has 130 valence electrons. The van der Waals surface area contributed by atoms with Crippen molar-refractivity contribution in [2.75, 3.05) is 13.1 Å². The zero-order valence-corrected chi connectivity index (χ0v) is 15.4. The molecule has 0 unspecified atom stereocenters. The summed E-state index contributed by atoms with van der Waals surface area (Å²) in [4.78, 5) is 20.8. The van der Waals surface area contributed by atoms with Gasteiger partial charge in [-0.05, 0) is 19.1 Å². The Hall–Kier alpha value is -1.84. The van der Waals surface area contributed by atoms with Crippen LogP contribution in [0.4, 0.5) is 0 Å². The van der Waals surface area contributed by atoms with E-state index in [4.69, 9.17) is 0 Å². The van der Waals surface area contributed by atoms with E-state index >= 15 is 0 Å². The van der Waals surface area contributed by atoms with Crippen LogP contribution in [-0.4, -0.2) is 41.7 Å². The zero-order valence-electron chi connectivity index (χ0n) is 13.8. The largest absolute Gasteiger partial charge is 0.346 e. The quantitative estimate of drug-likeness (QED) is 0.804. The molecule has 24 heavy (non-hydrogen) atoms. The van der Waals surface area contributed by atoms with Crippen LogP contribution in [0, 0.1) is 6.92 Å². The summed E-state index contributed by atoms with van der Waals surface area (Å²) in [6, 6.07) is 3.29. The van der Waals surface area contributed by atoms with E-state index in [0.717, 1.165) is 21.9 Å². The fourth-order valence-electron chi connectivity index (χ4n) is 2.05. The van der Waals surface area contributed by atoms with E-state index < -0.39 is 10.0 Å². The Balaban J connectivity index is 2.04.